The smallest absolute Gasteiger partial charge is 0.193 e. The van der Waals surface area contributed by atoms with Gasteiger partial charge >= 0.3 is 0 Å². The number of nitrogens with two attached hydrogens (primary N) is 1. The first kappa shape index (κ1) is 7.63. The number of rotatable bonds is 1. The molecular weight excluding hydrogens is 150 g/mol. The van der Waals surface area contributed by atoms with Crippen LogP contribution >= 0.6 is 11.6 Å². The Kier molecular flexibility index (Phi) is 2.02. The standard InChI is InChI=1S/C7H10ClNO/c1-4(9)6-3-7(8)10-5(6)2/h3-4H,9H2,1-2H3. The molecule has 0 fully saturated rings. The molecule has 0 aromatic carbocycles. The first-order valence-corrected chi connectivity index (χ1v) is 3.50. The number of halogens is 1. The van der Waals surface area contributed by atoms with Crippen LogP contribution in [0.1, 0.15) is 24.3 Å². The minimum atomic E-state index is -0.00347. The van der Waals surface area contributed by atoms with Gasteiger partial charge in [0.2, 0.25) is 0 Å². The third-order valence-corrected chi connectivity index (χ3v) is 1.60. The van der Waals surface area contributed by atoms with Gasteiger partial charge in [-0.25, -0.2) is 0 Å². The van der Waals surface area contributed by atoms with E-state index in [0.717, 1.165) is 11.3 Å². The summed E-state index contributed by atoms with van der Waals surface area (Å²) < 4.78 is 5.06. The number of furan rings is 1. The van der Waals surface area contributed by atoms with Crippen LogP contribution in [0, 0.1) is 6.92 Å². The lowest BCUT2D eigenvalue weighted by Crippen LogP contribution is -2.04. The van der Waals surface area contributed by atoms with Crippen LogP contribution in [0.25, 0.3) is 0 Å². The predicted octanol–water partition coefficient (Wildman–Crippen LogP) is 2.26. The Morgan fingerprint density at radius 3 is 2.50 bits per heavy atom. The molecule has 0 saturated carbocycles. The minimum Gasteiger partial charge on any atom is -0.450 e. The van der Waals surface area contributed by atoms with Gasteiger partial charge in [0.15, 0.2) is 5.22 Å². The molecule has 1 aromatic heterocycles. The summed E-state index contributed by atoms with van der Waals surface area (Å²) in [6, 6.07) is 1.75. The van der Waals surface area contributed by atoms with Crippen molar-refractivity contribution in [3.8, 4) is 0 Å². The molecule has 2 N–H and O–H groups in total. The average molecular weight is 160 g/mol. The Bertz CT molecular complexity index is 230. The molecule has 10 heavy (non-hydrogen) atoms. The molecule has 0 aliphatic heterocycles. The second-order valence-electron chi connectivity index (χ2n) is 2.35. The van der Waals surface area contributed by atoms with E-state index in [-0.39, 0.29) is 6.04 Å². The lowest BCUT2D eigenvalue weighted by Gasteiger charge is -1.99. The van der Waals surface area contributed by atoms with Crippen LogP contribution in [-0.2, 0) is 0 Å². The quantitative estimate of drug-likeness (QED) is 0.683. The zero-order valence-electron chi connectivity index (χ0n) is 6.02. The van der Waals surface area contributed by atoms with Crippen molar-refractivity contribution in [1.82, 2.24) is 0 Å². The topological polar surface area (TPSA) is 39.2 Å². The number of hydrogen-bond acceptors (Lipinski definition) is 2. The normalized spacial score (nSPS) is 13.6. The summed E-state index contributed by atoms with van der Waals surface area (Å²) in [6.07, 6.45) is 0. The highest BCUT2D eigenvalue weighted by Gasteiger charge is 2.08. The molecule has 3 heteroatoms. The van der Waals surface area contributed by atoms with Crippen molar-refractivity contribution >= 4 is 11.6 Å². The maximum Gasteiger partial charge on any atom is 0.193 e. The lowest BCUT2D eigenvalue weighted by atomic mass is 10.1. The number of hydrogen-bond donors (Lipinski definition) is 1. The monoisotopic (exact) mass is 159 g/mol. The van der Waals surface area contributed by atoms with E-state index in [0.29, 0.717) is 5.22 Å². The molecule has 1 atom stereocenters. The van der Waals surface area contributed by atoms with Crippen molar-refractivity contribution in [3.05, 3.63) is 22.6 Å². The largest absolute Gasteiger partial charge is 0.450 e. The van der Waals surface area contributed by atoms with Gasteiger partial charge in [-0.05, 0) is 25.4 Å². The van der Waals surface area contributed by atoms with Gasteiger partial charge in [0.05, 0.1) is 0 Å². The Morgan fingerprint density at radius 1 is 1.70 bits per heavy atom. The van der Waals surface area contributed by atoms with Gasteiger partial charge in [0.25, 0.3) is 0 Å². The number of aryl methyl sites for hydroxylation is 1. The van der Waals surface area contributed by atoms with Gasteiger partial charge in [-0.1, -0.05) is 0 Å². The van der Waals surface area contributed by atoms with Crippen molar-refractivity contribution in [3.63, 3.8) is 0 Å². The van der Waals surface area contributed by atoms with Gasteiger partial charge in [-0.2, -0.15) is 0 Å². The van der Waals surface area contributed by atoms with Crippen LogP contribution < -0.4 is 5.73 Å². The Labute approximate surface area is 65.0 Å². The average Bonchev–Trinajstić information content (AvgIpc) is 2.10. The highest BCUT2D eigenvalue weighted by atomic mass is 35.5. The van der Waals surface area contributed by atoms with Crippen LogP contribution in [0.4, 0.5) is 0 Å². The van der Waals surface area contributed by atoms with Crippen LogP contribution in [0.3, 0.4) is 0 Å². The Hall–Kier alpha value is -0.470. The van der Waals surface area contributed by atoms with Crippen molar-refractivity contribution in [1.29, 1.82) is 0 Å². The first-order valence-electron chi connectivity index (χ1n) is 3.12. The summed E-state index contributed by atoms with van der Waals surface area (Å²) >= 11 is 5.59. The highest BCUT2D eigenvalue weighted by molar-refractivity contribution is 6.28. The molecular formula is C7H10ClNO. The molecule has 1 unspecified atom stereocenters. The summed E-state index contributed by atoms with van der Waals surface area (Å²) in [6.45, 7) is 3.75. The minimum absolute atomic E-state index is 0.00347. The van der Waals surface area contributed by atoms with Gasteiger partial charge in [0.1, 0.15) is 5.76 Å². The maximum atomic E-state index is 5.61. The van der Waals surface area contributed by atoms with E-state index >= 15 is 0 Å². The van der Waals surface area contributed by atoms with Gasteiger partial charge in [0, 0.05) is 17.7 Å². The zero-order chi connectivity index (χ0) is 7.72. The molecule has 0 amide bonds. The van der Waals surface area contributed by atoms with Gasteiger partial charge < -0.3 is 10.2 Å². The fourth-order valence-electron chi connectivity index (χ4n) is 0.911. The molecule has 0 aliphatic rings. The van der Waals surface area contributed by atoms with Crippen LogP contribution in [0.2, 0.25) is 5.22 Å². The van der Waals surface area contributed by atoms with E-state index in [9.17, 15) is 0 Å². The maximum absolute atomic E-state index is 5.61. The van der Waals surface area contributed by atoms with E-state index in [4.69, 9.17) is 21.8 Å². The van der Waals surface area contributed by atoms with Crippen molar-refractivity contribution in [2.45, 2.75) is 19.9 Å². The van der Waals surface area contributed by atoms with E-state index in [2.05, 4.69) is 0 Å². The first-order chi connectivity index (χ1) is 4.61. The van der Waals surface area contributed by atoms with Gasteiger partial charge in [-0.15, -0.1) is 0 Å². The molecule has 2 nitrogen and oxygen atoms in total. The Balaban J connectivity index is 3.03. The van der Waals surface area contributed by atoms with Crippen molar-refractivity contribution < 1.29 is 4.42 Å². The van der Waals surface area contributed by atoms with Crippen molar-refractivity contribution in [2.24, 2.45) is 5.73 Å². The van der Waals surface area contributed by atoms with Crippen molar-refractivity contribution in [2.75, 3.05) is 0 Å². The highest BCUT2D eigenvalue weighted by Crippen LogP contribution is 2.22. The molecule has 0 bridgehead atoms. The van der Waals surface area contributed by atoms with E-state index in [1.165, 1.54) is 0 Å². The van der Waals surface area contributed by atoms with Crippen LogP contribution in [0.5, 0.6) is 0 Å². The third kappa shape index (κ3) is 1.33. The summed E-state index contributed by atoms with van der Waals surface area (Å²) in [5.74, 6) is 0.806. The molecule has 1 rings (SSSR count). The summed E-state index contributed by atoms with van der Waals surface area (Å²) in [4.78, 5) is 0. The molecule has 0 radical (unpaired) electrons. The SMILES string of the molecule is Cc1oc(Cl)cc1C(C)N. The Morgan fingerprint density at radius 2 is 2.30 bits per heavy atom. The van der Waals surface area contributed by atoms with Crippen LogP contribution in [0.15, 0.2) is 10.5 Å². The van der Waals surface area contributed by atoms with E-state index in [1.807, 2.05) is 13.8 Å². The van der Waals surface area contributed by atoms with E-state index in [1.54, 1.807) is 6.07 Å². The van der Waals surface area contributed by atoms with E-state index < -0.39 is 0 Å². The molecule has 0 saturated heterocycles. The second-order valence-corrected chi connectivity index (χ2v) is 2.72. The molecule has 0 spiro atoms. The fourth-order valence-corrected chi connectivity index (χ4v) is 1.14. The van der Waals surface area contributed by atoms with Gasteiger partial charge in [-0.3, -0.25) is 0 Å². The predicted molar refractivity (Wildman–Crippen MR) is 41.1 cm³/mol. The molecule has 1 aromatic rings. The summed E-state index contributed by atoms with van der Waals surface area (Å²) in [7, 11) is 0. The fraction of sp³-hybridized carbons (Fsp3) is 0.429. The summed E-state index contributed by atoms with van der Waals surface area (Å²) in [5, 5.41) is 0.407. The molecule has 0 aliphatic carbocycles. The summed E-state index contributed by atoms with van der Waals surface area (Å²) in [5.41, 5.74) is 6.59. The third-order valence-electron chi connectivity index (χ3n) is 1.42. The molecule has 56 valence electrons. The van der Waals surface area contributed by atoms with Crippen LogP contribution in [-0.4, -0.2) is 0 Å². The lowest BCUT2D eigenvalue weighted by molar-refractivity contribution is 0.528. The zero-order valence-corrected chi connectivity index (χ0v) is 6.77. The second kappa shape index (κ2) is 2.64. The molecule has 1 heterocycles.